The third kappa shape index (κ3) is 4.49. The molecule has 0 radical (unpaired) electrons. The van der Waals surface area contributed by atoms with E-state index in [9.17, 15) is 4.79 Å². The van der Waals surface area contributed by atoms with E-state index in [0.717, 1.165) is 5.56 Å². The van der Waals surface area contributed by atoms with Gasteiger partial charge in [-0.25, -0.2) is 9.97 Å². The molecule has 0 fully saturated rings. The van der Waals surface area contributed by atoms with Gasteiger partial charge in [0.2, 0.25) is 0 Å². The number of amides is 1. The molecule has 0 saturated carbocycles. The maximum Gasteiger partial charge on any atom is 0.263 e. The summed E-state index contributed by atoms with van der Waals surface area (Å²) in [5.41, 5.74) is 8.97. The van der Waals surface area contributed by atoms with E-state index in [0.29, 0.717) is 39.2 Å². The van der Waals surface area contributed by atoms with Crippen molar-refractivity contribution in [3.05, 3.63) is 76.8 Å². The first-order valence-electron chi connectivity index (χ1n) is 9.31. The van der Waals surface area contributed by atoms with E-state index < -0.39 is 0 Å². The Morgan fingerprint density at radius 3 is 2.61 bits per heavy atom. The van der Waals surface area contributed by atoms with E-state index >= 15 is 0 Å². The zero-order chi connectivity index (χ0) is 22.0. The number of carbonyl (C=O) groups excluding carboxylic acids is 1. The van der Waals surface area contributed by atoms with Crippen molar-refractivity contribution in [2.45, 2.75) is 13.8 Å². The third-order valence-electron chi connectivity index (χ3n) is 4.47. The second-order valence-corrected chi connectivity index (χ2v) is 7.17. The highest BCUT2D eigenvalue weighted by Crippen LogP contribution is 2.30. The first-order valence-corrected chi connectivity index (χ1v) is 9.69. The normalized spacial score (nSPS) is 10.7. The van der Waals surface area contributed by atoms with Crippen molar-refractivity contribution < 1.29 is 14.1 Å². The molecule has 0 atom stereocenters. The van der Waals surface area contributed by atoms with Crippen LogP contribution in [0.2, 0.25) is 5.02 Å². The molecule has 8 nitrogen and oxygen atoms in total. The SMILES string of the molecule is Cc1noc(C)c1-c1cnc(N)c(Oc2ccc(C(=O)Nc3cccc(Cl)c3)cc2)n1. The average molecular weight is 436 g/mol. The number of halogens is 1. The van der Waals surface area contributed by atoms with Crippen LogP contribution in [0.5, 0.6) is 11.6 Å². The van der Waals surface area contributed by atoms with Gasteiger partial charge < -0.3 is 20.3 Å². The number of aryl methyl sites for hydroxylation is 2. The summed E-state index contributed by atoms with van der Waals surface area (Å²) in [6, 6.07) is 13.5. The minimum absolute atomic E-state index is 0.137. The number of nitrogens with two attached hydrogens (primary N) is 1. The van der Waals surface area contributed by atoms with Crippen LogP contribution in [0.15, 0.2) is 59.3 Å². The number of nitrogens with zero attached hydrogens (tertiary/aromatic N) is 3. The highest BCUT2D eigenvalue weighted by Gasteiger charge is 2.16. The highest BCUT2D eigenvalue weighted by atomic mass is 35.5. The molecular formula is C22H18ClN5O3. The highest BCUT2D eigenvalue weighted by molar-refractivity contribution is 6.31. The summed E-state index contributed by atoms with van der Waals surface area (Å²) in [5, 5.41) is 7.26. The lowest BCUT2D eigenvalue weighted by Gasteiger charge is -2.10. The molecule has 0 aliphatic rings. The van der Waals surface area contributed by atoms with Gasteiger partial charge in [0.15, 0.2) is 5.82 Å². The summed E-state index contributed by atoms with van der Waals surface area (Å²) < 4.78 is 11.0. The van der Waals surface area contributed by atoms with Crippen LogP contribution in [0.1, 0.15) is 21.8 Å². The molecule has 0 aliphatic heterocycles. The second kappa shape index (κ2) is 8.45. The van der Waals surface area contributed by atoms with Gasteiger partial charge in [0, 0.05) is 16.3 Å². The first kappa shape index (κ1) is 20.4. The van der Waals surface area contributed by atoms with Crippen LogP contribution in [0.4, 0.5) is 11.5 Å². The summed E-state index contributed by atoms with van der Waals surface area (Å²) in [6.45, 7) is 3.61. The van der Waals surface area contributed by atoms with Crippen molar-refractivity contribution in [2.75, 3.05) is 11.1 Å². The molecule has 2 heterocycles. The molecule has 156 valence electrons. The van der Waals surface area contributed by atoms with Crippen LogP contribution < -0.4 is 15.8 Å². The largest absolute Gasteiger partial charge is 0.436 e. The molecule has 31 heavy (non-hydrogen) atoms. The van der Waals surface area contributed by atoms with Crippen LogP contribution in [-0.2, 0) is 0 Å². The Bertz CT molecular complexity index is 1230. The average Bonchev–Trinajstić information content (AvgIpc) is 3.08. The number of carbonyl (C=O) groups is 1. The summed E-state index contributed by atoms with van der Waals surface area (Å²) in [4.78, 5) is 21.0. The smallest absolute Gasteiger partial charge is 0.263 e. The Balaban J connectivity index is 1.51. The van der Waals surface area contributed by atoms with Gasteiger partial charge in [0.05, 0.1) is 23.1 Å². The van der Waals surface area contributed by atoms with E-state index in [2.05, 4.69) is 20.4 Å². The zero-order valence-electron chi connectivity index (χ0n) is 16.7. The fourth-order valence-electron chi connectivity index (χ4n) is 2.98. The zero-order valence-corrected chi connectivity index (χ0v) is 17.5. The minimum Gasteiger partial charge on any atom is -0.436 e. The lowest BCUT2D eigenvalue weighted by atomic mass is 10.1. The van der Waals surface area contributed by atoms with Gasteiger partial charge in [-0.1, -0.05) is 22.8 Å². The quantitative estimate of drug-likeness (QED) is 0.451. The number of nitrogens with one attached hydrogen (secondary N) is 1. The van der Waals surface area contributed by atoms with Crippen molar-refractivity contribution in [2.24, 2.45) is 0 Å². The van der Waals surface area contributed by atoms with Crippen molar-refractivity contribution in [1.82, 2.24) is 15.1 Å². The molecular weight excluding hydrogens is 418 g/mol. The predicted octanol–water partition coefficient (Wildman–Crippen LogP) is 5.03. The Labute approximate surface area is 183 Å². The van der Waals surface area contributed by atoms with Crippen molar-refractivity contribution in [3.8, 4) is 22.9 Å². The van der Waals surface area contributed by atoms with E-state index in [4.69, 9.17) is 26.6 Å². The van der Waals surface area contributed by atoms with Crippen LogP contribution in [0.3, 0.4) is 0 Å². The van der Waals surface area contributed by atoms with Crippen LogP contribution in [-0.4, -0.2) is 21.0 Å². The first-order chi connectivity index (χ1) is 14.9. The fraction of sp³-hybridized carbons (Fsp3) is 0.0909. The van der Waals surface area contributed by atoms with Gasteiger partial charge in [-0.2, -0.15) is 0 Å². The number of hydrogen-bond donors (Lipinski definition) is 2. The van der Waals surface area contributed by atoms with Gasteiger partial charge in [-0.3, -0.25) is 4.79 Å². The van der Waals surface area contributed by atoms with Crippen molar-refractivity contribution in [1.29, 1.82) is 0 Å². The number of benzene rings is 2. The standard InChI is InChI=1S/C22H18ClN5O3/c1-12-19(13(2)31-28-12)18-11-25-20(24)22(27-18)30-17-8-6-14(7-9-17)21(29)26-16-5-3-4-15(23)10-16/h3-11H,1-2H3,(H2,24,25)(H,26,29). The molecule has 0 saturated heterocycles. The van der Waals surface area contributed by atoms with E-state index in [1.807, 2.05) is 6.92 Å². The number of rotatable bonds is 5. The maximum absolute atomic E-state index is 12.4. The number of anilines is 2. The van der Waals surface area contributed by atoms with Crippen molar-refractivity contribution >= 4 is 29.0 Å². The molecule has 0 spiro atoms. The van der Waals surface area contributed by atoms with Crippen LogP contribution in [0, 0.1) is 13.8 Å². The van der Waals surface area contributed by atoms with Crippen molar-refractivity contribution in [3.63, 3.8) is 0 Å². The molecule has 2 aromatic heterocycles. The molecule has 2 aromatic carbocycles. The van der Waals surface area contributed by atoms with Crippen LogP contribution >= 0.6 is 11.6 Å². The van der Waals surface area contributed by atoms with Crippen LogP contribution in [0.25, 0.3) is 11.3 Å². The van der Waals surface area contributed by atoms with Gasteiger partial charge >= 0.3 is 0 Å². The fourth-order valence-corrected chi connectivity index (χ4v) is 3.17. The molecule has 9 heteroatoms. The van der Waals surface area contributed by atoms with Gasteiger partial charge in [-0.15, -0.1) is 0 Å². The number of nitrogen functional groups attached to an aromatic ring is 1. The topological polar surface area (TPSA) is 116 Å². The summed E-state index contributed by atoms with van der Waals surface area (Å²) in [7, 11) is 0. The number of hydrogen-bond acceptors (Lipinski definition) is 7. The van der Waals surface area contributed by atoms with Gasteiger partial charge in [0.25, 0.3) is 11.8 Å². The monoisotopic (exact) mass is 435 g/mol. The molecule has 0 unspecified atom stereocenters. The molecule has 4 rings (SSSR count). The number of aromatic nitrogens is 3. The lowest BCUT2D eigenvalue weighted by Crippen LogP contribution is -2.11. The Hall–Kier alpha value is -3.91. The Morgan fingerprint density at radius 2 is 1.94 bits per heavy atom. The minimum atomic E-state index is -0.270. The third-order valence-corrected chi connectivity index (χ3v) is 4.71. The van der Waals surface area contributed by atoms with E-state index in [-0.39, 0.29) is 17.6 Å². The van der Waals surface area contributed by atoms with Gasteiger partial charge in [-0.05, 0) is 56.3 Å². The lowest BCUT2D eigenvalue weighted by molar-refractivity contribution is 0.102. The second-order valence-electron chi connectivity index (χ2n) is 6.74. The Morgan fingerprint density at radius 1 is 1.16 bits per heavy atom. The molecule has 0 bridgehead atoms. The predicted molar refractivity (Wildman–Crippen MR) is 117 cm³/mol. The molecule has 0 aliphatic carbocycles. The maximum atomic E-state index is 12.4. The molecule has 1 amide bonds. The van der Waals surface area contributed by atoms with E-state index in [1.165, 1.54) is 6.20 Å². The van der Waals surface area contributed by atoms with Gasteiger partial charge in [0.1, 0.15) is 11.5 Å². The summed E-state index contributed by atoms with van der Waals surface area (Å²) in [6.07, 6.45) is 1.54. The summed E-state index contributed by atoms with van der Waals surface area (Å²) in [5.74, 6) is 1.09. The number of ether oxygens (including phenoxy) is 1. The van der Waals surface area contributed by atoms with E-state index in [1.54, 1.807) is 55.5 Å². The summed E-state index contributed by atoms with van der Waals surface area (Å²) >= 11 is 5.95. The Kier molecular flexibility index (Phi) is 5.55. The molecule has 4 aromatic rings. The molecule has 3 N–H and O–H groups in total.